The largest absolute Gasteiger partial charge is 0.352 e. The Kier molecular flexibility index (Phi) is 7.39. The topological polar surface area (TPSA) is 49.4 Å². The number of hydrogen-bond acceptors (Lipinski definition) is 2. The molecule has 0 aromatic heterocycles. The minimum atomic E-state index is -0.676. The number of halogens is 1. The second kappa shape index (κ2) is 10.2. The van der Waals surface area contributed by atoms with Crippen molar-refractivity contribution in [3.8, 4) is 0 Å². The first-order chi connectivity index (χ1) is 14.1. The summed E-state index contributed by atoms with van der Waals surface area (Å²) in [7, 11) is 0. The molecule has 0 heterocycles. The van der Waals surface area contributed by atoms with Gasteiger partial charge in [-0.15, -0.1) is 0 Å². The van der Waals surface area contributed by atoms with Gasteiger partial charge in [0, 0.05) is 31.0 Å². The maximum absolute atomic E-state index is 14.3. The first-order valence-electron chi connectivity index (χ1n) is 10.5. The molecule has 3 rings (SSSR count). The Morgan fingerprint density at radius 3 is 2.38 bits per heavy atom. The Labute approximate surface area is 172 Å². The molecule has 0 radical (unpaired) electrons. The minimum Gasteiger partial charge on any atom is -0.352 e. The van der Waals surface area contributed by atoms with Crippen molar-refractivity contribution in [2.75, 3.05) is 0 Å². The van der Waals surface area contributed by atoms with Crippen molar-refractivity contribution in [1.29, 1.82) is 0 Å². The van der Waals surface area contributed by atoms with Crippen LogP contribution in [0.1, 0.15) is 50.2 Å². The highest BCUT2D eigenvalue weighted by atomic mass is 19.1. The van der Waals surface area contributed by atoms with Gasteiger partial charge in [-0.05, 0) is 24.5 Å². The molecule has 0 spiro atoms. The quantitative estimate of drug-likeness (QED) is 0.726. The molecule has 2 amide bonds. The maximum Gasteiger partial charge on any atom is 0.243 e. The lowest BCUT2D eigenvalue weighted by Gasteiger charge is -2.32. The lowest BCUT2D eigenvalue weighted by atomic mass is 10.0. The van der Waals surface area contributed by atoms with E-state index in [4.69, 9.17) is 0 Å². The summed E-state index contributed by atoms with van der Waals surface area (Å²) in [5.74, 6) is -0.675. The molecule has 0 aliphatic heterocycles. The average molecular weight is 397 g/mol. The first kappa shape index (κ1) is 21.0. The van der Waals surface area contributed by atoms with Crippen molar-refractivity contribution >= 4 is 11.8 Å². The predicted molar refractivity (Wildman–Crippen MR) is 112 cm³/mol. The summed E-state index contributed by atoms with van der Waals surface area (Å²) >= 11 is 0. The van der Waals surface area contributed by atoms with Crippen LogP contribution < -0.4 is 5.32 Å². The molecule has 1 atom stereocenters. The van der Waals surface area contributed by atoms with Crippen LogP contribution in [-0.2, 0) is 22.6 Å². The number of nitrogens with zero attached hydrogens (tertiary/aromatic N) is 1. The van der Waals surface area contributed by atoms with Crippen molar-refractivity contribution in [2.45, 2.75) is 64.1 Å². The summed E-state index contributed by atoms with van der Waals surface area (Å²) in [5, 5.41) is 3.13. The predicted octanol–water partition coefficient (Wildman–Crippen LogP) is 4.23. The normalized spacial score (nSPS) is 15.1. The first-order valence-corrected chi connectivity index (χ1v) is 10.5. The fraction of sp³-hybridized carbons (Fsp3) is 0.417. The van der Waals surface area contributed by atoms with Gasteiger partial charge in [0.15, 0.2) is 0 Å². The van der Waals surface area contributed by atoms with Crippen LogP contribution in [0.4, 0.5) is 4.39 Å². The van der Waals surface area contributed by atoms with E-state index in [2.05, 4.69) is 5.32 Å². The van der Waals surface area contributed by atoms with E-state index in [9.17, 15) is 14.0 Å². The van der Waals surface area contributed by atoms with Gasteiger partial charge in [0.2, 0.25) is 11.8 Å². The van der Waals surface area contributed by atoms with E-state index in [0.29, 0.717) is 12.0 Å². The van der Waals surface area contributed by atoms with Crippen molar-refractivity contribution in [1.82, 2.24) is 10.2 Å². The number of amides is 2. The molecule has 154 valence electrons. The van der Waals surface area contributed by atoms with Crippen LogP contribution in [0.25, 0.3) is 0 Å². The fourth-order valence-electron chi connectivity index (χ4n) is 3.93. The Bertz CT molecular complexity index is 819. The van der Waals surface area contributed by atoms with E-state index in [1.54, 1.807) is 25.1 Å². The SMILES string of the molecule is CCC(=O)N(Cc1ccccc1F)C(Cc1ccccc1)C(=O)NC1CCCC1. The summed E-state index contributed by atoms with van der Waals surface area (Å²) in [6, 6.07) is 15.6. The lowest BCUT2D eigenvalue weighted by molar-refractivity contribution is -0.141. The zero-order valence-electron chi connectivity index (χ0n) is 16.9. The van der Waals surface area contributed by atoms with E-state index >= 15 is 0 Å². The molecule has 5 heteroatoms. The number of nitrogens with one attached hydrogen (secondary N) is 1. The van der Waals surface area contributed by atoms with Gasteiger partial charge in [-0.25, -0.2) is 4.39 Å². The Hall–Kier alpha value is -2.69. The Morgan fingerprint density at radius 1 is 1.07 bits per heavy atom. The van der Waals surface area contributed by atoms with Crippen LogP contribution in [0.15, 0.2) is 54.6 Å². The van der Waals surface area contributed by atoms with Crippen LogP contribution in [0.3, 0.4) is 0 Å². The molecule has 4 nitrogen and oxygen atoms in total. The number of hydrogen-bond donors (Lipinski definition) is 1. The Morgan fingerprint density at radius 2 is 1.72 bits per heavy atom. The van der Waals surface area contributed by atoms with Gasteiger partial charge < -0.3 is 10.2 Å². The zero-order valence-corrected chi connectivity index (χ0v) is 16.9. The summed E-state index contributed by atoms with van der Waals surface area (Å²) in [6.07, 6.45) is 4.83. The maximum atomic E-state index is 14.3. The van der Waals surface area contributed by atoms with Crippen LogP contribution in [0.2, 0.25) is 0 Å². The second-order valence-corrected chi connectivity index (χ2v) is 7.66. The van der Waals surface area contributed by atoms with Crippen LogP contribution >= 0.6 is 0 Å². The molecule has 1 aliphatic carbocycles. The van der Waals surface area contributed by atoms with Crippen molar-refractivity contribution in [3.05, 3.63) is 71.5 Å². The number of benzene rings is 2. The molecule has 1 fully saturated rings. The molecule has 0 saturated heterocycles. The summed E-state index contributed by atoms with van der Waals surface area (Å²) < 4.78 is 14.3. The van der Waals surface area contributed by atoms with E-state index in [1.807, 2.05) is 30.3 Å². The van der Waals surface area contributed by atoms with Crippen LogP contribution in [0.5, 0.6) is 0 Å². The third-order valence-corrected chi connectivity index (χ3v) is 5.57. The fourth-order valence-corrected chi connectivity index (χ4v) is 3.93. The molecule has 0 bridgehead atoms. The monoisotopic (exact) mass is 396 g/mol. The molecule has 29 heavy (non-hydrogen) atoms. The van der Waals surface area contributed by atoms with E-state index in [-0.39, 0.29) is 36.6 Å². The van der Waals surface area contributed by atoms with Gasteiger partial charge in [-0.1, -0.05) is 68.3 Å². The lowest BCUT2D eigenvalue weighted by Crippen LogP contribution is -2.52. The summed E-state index contributed by atoms with van der Waals surface area (Å²) in [5.41, 5.74) is 1.39. The average Bonchev–Trinajstić information content (AvgIpc) is 3.25. The summed E-state index contributed by atoms with van der Waals surface area (Å²) in [6.45, 7) is 1.85. The van der Waals surface area contributed by atoms with Gasteiger partial charge >= 0.3 is 0 Å². The number of carbonyl (C=O) groups excluding carboxylic acids is 2. The van der Waals surface area contributed by atoms with Crippen molar-refractivity contribution in [3.63, 3.8) is 0 Å². The smallest absolute Gasteiger partial charge is 0.243 e. The summed E-state index contributed by atoms with van der Waals surface area (Å²) in [4.78, 5) is 27.6. The van der Waals surface area contributed by atoms with Gasteiger partial charge in [-0.2, -0.15) is 0 Å². The third-order valence-electron chi connectivity index (χ3n) is 5.57. The molecular formula is C24H29FN2O2. The van der Waals surface area contributed by atoms with E-state index in [0.717, 1.165) is 31.2 Å². The number of carbonyl (C=O) groups is 2. The third kappa shape index (κ3) is 5.66. The van der Waals surface area contributed by atoms with Crippen LogP contribution in [-0.4, -0.2) is 28.8 Å². The number of rotatable bonds is 8. The zero-order chi connectivity index (χ0) is 20.6. The van der Waals surface area contributed by atoms with Crippen LogP contribution in [0, 0.1) is 5.82 Å². The molecule has 1 N–H and O–H groups in total. The molecule has 1 unspecified atom stereocenters. The highest BCUT2D eigenvalue weighted by Gasteiger charge is 2.31. The molecule has 1 aliphatic rings. The van der Waals surface area contributed by atoms with Gasteiger partial charge in [-0.3, -0.25) is 9.59 Å². The Balaban J connectivity index is 1.88. The van der Waals surface area contributed by atoms with Gasteiger partial charge in [0.05, 0.1) is 0 Å². The second-order valence-electron chi connectivity index (χ2n) is 7.66. The molecular weight excluding hydrogens is 367 g/mol. The van der Waals surface area contributed by atoms with Crippen molar-refractivity contribution < 1.29 is 14.0 Å². The standard InChI is InChI=1S/C24H29FN2O2/c1-2-23(28)27(17-19-12-6-9-15-21(19)25)22(16-18-10-4-3-5-11-18)24(29)26-20-13-7-8-14-20/h3-6,9-12,15,20,22H,2,7-8,13-14,16-17H2,1H3,(H,26,29). The molecule has 2 aromatic rings. The van der Waals surface area contributed by atoms with Gasteiger partial charge in [0.25, 0.3) is 0 Å². The highest BCUT2D eigenvalue weighted by Crippen LogP contribution is 2.20. The molecule has 1 saturated carbocycles. The van der Waals surface area contributed by atoms with Crippen molar-refractivity contribution in [2.24, 2.45) is 0 Å². The van der Waals surface area contributed by atoms with E-state index < -0.39 is 6.04 Å². The molecule has 2 aromatic carbocycles. The highest BCUT2D eigenvalue weighted by molar-refractivity contribution is 5.88. The van der Waals surface area contributed by atoms with E-state index in [1.165, 1.54) is 11.0 Å². The minimum absolute atomic E-state index is 0.0783. The van der Waals surface area contributed by atoms with Gasteiger partial charge in [0.1, 0.15) is 11.9 Å².